The molecule has 0 heterocycles. The van der Waals surface area contributed by atoms with Crippen molar-refractivity contribution in [3.8, 4) is 11.1 Å². The fourth-order valence-electron chi connectivity index (χ4n) is 7.64. The van der Waals surface area contributed by atoms with Crippen LogP contribution in [-0.4, -0.2) is 85.5 Å². The summed E-state index contributed by atoms with van der Waals surface area (Å²) in [4.78, 5) is 30.8. The van der Waals surface area contributed by atoms with Crippen LogP contribution in [0.4, 0.5) is 26.3 Å². The lowest BCUT2D eigenvalue weighted by molar-refractivity contribution is -0.169. The molecule has 0 aliphatic heterocycles. The van der Waals surface area contributed by atoms with E-state index in [1.807, 2.05) is 0 Å². The minimum absolute atomic E-state index is 0.0630. The lowest BCUT2D eigenvalue weighted by Crippen LogP contribution is -2.46. The van der Waals surface area contributed by atoms with Gasteiger partial charge in [-0.05, 0) is 58.0 Å². The van der Waals surface area contributed by atoms with E-state index in [0.29, 0.717) is 11.1 Å². The molecule has 4 aromatic carbocycles. The summed E-state index contributed by atoms with van der Waals surface area (Å²) in [5.41, 5.74) is -2.77. The number of amides is 2. The zero-order valence-electron chi connectivity index (χ0n) is 31.7. The number of thioether (sulfide) groups is 2. The summed E-state index contributed by atoms with van der Waals surface area (Å²) in [5, 5.41) is 6.99. The van der Waals surface area contributed by atoms with Gasteiger partial charge in [-0.2, -0.15) is 53.4 Å². The maximum atomic E-state index is 13.7. The summed E-state index contributed by atoms with van der Waals surface area (Å²) in [5.74, 6) is 6.12. The van der Waals surface area contributed by atoms with E-state index in [0.717, 1.165) is 23.5 Å². The number of nitrogens with zero attached hydrogens (tertiary/aromatic N) is 4. The van der Waals surface area contributed by atoms with Crippen LogP contribution >= 0.6 is 23.5 Å². The van der Waals surface area contributed by atoms with E-state index < -0.39 is 89.6 Å². The molecule has 24 heteroatoms. The second-order valence-electron chi connectivity index (χ2n) is 13.6. The average molecular weight is 941 g/mol. The molecule has 0 saturated carbocycles. The molecule has 14 nitrogen and oxygen atoms in total. The van der Waals surface area contributed by atoms with E-state index in [-0.39, 0.29) is 43.2 Å². The highest BCUT2D eigenvalue weighted by molar-refractivity contribution is 7.99. The summed E-state index contributed by atoms with van der Waals surface area (Å²) in [6, 6.07) is 18.9. The molecule has 0 aromatic heterocycles. The summed E-state index contributed by atoms with van der Waals surface area (Å²) in [6.45, 7) is 0. The summed E-state index contributed by atoms with van der Waals surface area (Å²) in [7, 11) is -10.6. The highest BCUT2D eigenvalue weighted by Gasteiger charge is 2.56. The molecule has 2 unspecified atom stereocenters. The topological polar surface area (TPSA) is 244 Å². The van der Waals surface area contributed by atoms with Crippen molar-refractivity contribution in [3.63, 3.8) is 0 Å². The van der Waals surface area contributed by atoms with Gasteiger partial charge in [0.15, 0.2) is 9.49 Å². The molecule has 0 radical (unpaired) electrons. The monoisotopic (exact) mass is 940 g/mol. The number of hydrogen-bond acceptors (Lipinski definition) is 12. The molecular formula is C38H30F6N6O8S4. The molecule has 0 saturated heterocycles. The average Bonchev–Trinajstić information content (AvgIpc) is 3.21. The van der Waals surface area contributed by atoms with Crippen molar-refractivity contribution in [3.05, 3.63) is 118 Å². The molecule has 0 spiro atoms. The Bertz CT molecular complexity index is 2710. The minimum Gasteiger partial charge on any atom is -0.323 e. The Hall–Kier alpha value is -5.40. The van der Waals surface area contributed by atoms with E-state index >= 15 is 0 Å². The van der Waals surface area contributed by atoms with Crippen LogP contribution in [0.25, 0.3) is 11.1 Å². The van der Waals surface area contributed by atoms with Gasteiger partial charge in [-0.1, -0.05) is 72.8 Å². The number of hydrazone groups is 2. The number of alkyl halides is 6. The first-order valence-corrected chi connectivity index (χ1v) is 22.7. The zero-order valence-corrected chi connectivity index (χ0v) is 35.0. The van der Waals surface area contributed by atoms with E-state index in [1.54, 1.807) is 12.5 Å². The maximum absolute atomic E-state index is 13.7. The van der Waals surface area contributed by atoms with Gasteiger partial charge in [0.25, 0.3) is 20.2 Å². The Balaban J connectivity index is 1.55. The number of nitrogens with two attached hydrogens (primary N) is 2. The van der Waals surface area contributed by atoms with Crippen molar-refractivity contribution < 1.29 is 61.9 Å². The first-order chi connectivity index (χ1) is 28.9. The Kier molecular flexibility index (Phi) is 12.2. The van der Waals surface area contributed by atoms with Gasteiger partial charge >= 0.3 is 24.2 Å². The van der Waals surface area contributed by atoms with Gasteiger partial charge in [0.1, 0.15) is 0 Å². The summed E-state index contributed by atoms with van der Waals surface area (Å²) < 4.78 is 152. The van der Waals surface area contributed by atoms with Crippen LogP contribution in [0, 0.1) is 0 Å². The first kappa shape index (κ1) is 46.1. The minimum atomic E-state index is -5.40. The van der Waals surface area contributed by atoms with Crippen molar-refractivity contribution in [1.29, 1.82) is 0 Å². The third-order valence-electron chi connectivity index (χ3n) is 10.3. The van der Waals surface area contributed by atoms with Crippen LogP contribution in [0.15, 0.2) is 115 Å². The Morgan fingerprint density at radius 3 is 1.23 bits per heavy atom. The second kappa shape index (κ2) is 16.4. The number of benzene rings is 4. The first-order valence-electron chi connectivity index (χ1n) is 17.4. The van der Waals surface area contributed by atoms with Crippen LogP contribution in [0.2, 0.25) is 0 Å². The van der Waals surface area contributed by atoms with Gasteiger partial charge in [0.05, 0.1) is 22.8 Å². The molecule has 4 aromatic rings. The van der Waals surface area contributed by atoms with Crippen LogP contribution in [0.1, 0.15) is 46.2 Å². The second-order valence-corrected chi connectivity index (χ2v) is 18.5. The van der Waals surface area contributed by atoms with Crippen LogP contribution in [0.3, 0.4) is 0 Å². The lowest BCUT2D eigenvalue weighted by atomic mass is 9.75. The molecular weight excluding hydrogens is 911 g/mol. The predicted octanol–water partition coefficient (Wildman–Crippen LogP) is 6.25. The lowest BCUT2D eigenvalue weighted by Gasteiger charge is -2.39. The largest absolute Gasteiger partial charge is 0.473 e. The van der Waals surface area contributed by atoms with Gasteiger partial charge in [-0.15, -0.1) is 23.5 Å². The fraction of sp³-hybridized carbons (Fsp3) is 0.211. The van der Waals surface area contributed by atoms with E-state index in [9.17, 15) is 61.9 Å². The van der Waals surface area contributed by atoms with Gasteiger partial charge in [-0.25, -0.2) is 9.98 Å². The maximum Gasteiger partial charge on any atom is 0.473 e. The molecule has 6 N–H and O–H groups in total. The van der Waals surface area contributed by atoms with Crippen molar-refractivity contribution in [2.75, 3.05) is 12.5 Å². The van der Waals surface area contributed by atoms with E-state index in [1.165, 1.54) is 84.9 Å². The highest BCUT2D eigenvalue weighted by atomic mass is 32.2. The molecule has 6 rings (SSSR count). The van der Waals surface area contributed by atoms with Crippen LogP contribution in [-0.2, 0) is 39.3 Å². The standard InChI is InChI=1S/C38H30F6N6O8S4/c1-59-29-15-19(11-13-25(29)35(61(53,54)55)17-27(49-45)31(47-33(51)37(39,40)41)21-7-3-5-9-23(21)35)20-12-14-26(30(16-20)60-2)36(62(56,57)58)18-28(50-46)32(48-34(52)38(42,43)44)22-8-4-6-10-24(22)36/h3-16H,17-18,45-46H2,1-2H3,(H,53,54,55)(H,56,57,58). The Morgan fingerprint density at radius 1 is 0.597 bits per heavy atom. The normalized spacial score (nSPS) is 22.2. The summed E-state index contributed by atoms with van der Waals surface area (Å²) >= 11 is 2.04. The van der Waals surface area contributed by atoms with Crippen LogP contribution in [0.5, 0.6) is 0 Å². The number of aliphatic imine (C=N–C) groups is 2. The molecule has 62 heavy (non-hydrogen) atoms. The highest BCUT2D eigenvalue weighted by Crippen LogP contribution is 2.51. The third-order valence-corrected chi connectivity index (χ3v) is 14.8. The Morgan fingerprint density at radius 2 is 0.935 bits per heavy atom. The van der Waals surface area contributed by atoms with E-state index in [2.05, 4.69) is 20.2 Å². The van der Waals surface area contributed by atoms with Crippen LogP contribution < -0.4 is 11.7 Å². The van der Waals surface area contributed by atoms with E-state index in [4.69, 9.17) is 11.7 Å². The predicted molar refractivity (Wildman–Crippen MR) is 221 cm³/mol. The number of hydrogen-bond donors (Lipinski definition) is 4. The number of halogens is 6. The number of rotatable bonds is 7. The summed E-state index contributed by atoms with van der Waals surface area (Å²) in [6.07, 6.45) is -9.36. The third kappa shape index (κ3) is 7.71. The smallest absolute Gasteiger partial charge is 0.323 e. The molecule has 0 fully saturated rings. The molecule has 2 atom stereocenters. The molecule has 2 aliphatic rings. The Labute approximate surface area is 357 Å². The zero-order chi connectivity index (χ0) is 45.8. The van der Waals surface area contributed by atoms with Gasteiger partial charge in [-0.3, -0.25) is 18.7 Å². The molecule has 326 valence electrons. The van der Waals surface area contributed by atoms with Crippen molar-refractivity contribution in [1.82, 2.24) is 0 Å². The SMILES string of the molecule is CSc1cc(-c2ccc(C3(S(=O)(=O)O)CC(=NN)C(=NC(=O)C(F)(F)F)c4ccccc43)c(SC)c2)ccc1C1(S(=O)(=O)O)CC(=NN)C(=NC(=O)C(F)(F)F)c2ccccc21. The van der Waals surface area contributed by atoms with Gasteiger partial charge < -0.3 is 11.7 Å². The fourth-order valence-corrected chi connectivity index (χ4v) is 11.6. The van der Waals surface area contributed by atoms with Gasteiger partial charge in [0, 0.05) is 33.8 Å². The molecule has 0 bridgehead atoms. The van der Waals surface area contributed by atoms with Gasteiger partial charge in [0.2, 0.25) is 0 Å². The number of carbonyl (C=O) groups is 2. The number of carbonyl (C=O) groups excluding carboxylic acids is 2. The van der Waals surface area contributed by atoms with Crippen molar-refractivity contribution in [2.45, 2.75) is 44.5 Å². The van der Waals surface area contributed by atoms with Crippen molar-refractivity contribution in [2.24, 2.45) is 31.9 Å². The molecule has 2 aliphatic carbocycles. The van der Waals surface area contributed by atoms with Crippen molar-refractivity contribution >= 4 is 78.4 Å². The quantitative estimate of drug-likeness (QED) is 0.0528. The molecule has 2 amide bonds. The number of fused-ring (bicyclic) bond motifs is 2.